The van der Waals surface area contributed by atoms with E-state index in [0.717, 1.165) is 11.8 Å². The highest BCUT2D eigenvalue weighted by atomic mass is 32.2. The van der Waals surface area contributed by atoms with Gasteiger partial charge in [-0.2, -0.15) is 14.6 Å². The first-order chi connectivity index (χ1) is 25.2. The average Bonchev–Trinajstić information content (AvgIpc) is 3.70. The Morgan fingerprint density at radius 2 is 1.77 bits per heavy atom. The average molecular weight is 753 g/mol. The van der Waals surface area contributed by atoms with E-state index in [-0.39, 0.29) is 72.6 Å². The van der Waals surface area contributed by atoms with Gasteiger partial charge in [0.2, 0.25) is 22.9 Å². The predicted molar refractivity (Wildman–Crippen MR) is 180 cm³/mol. The number of anilines is 2. The Morgan fingerprint density at radius 3 is 2.43 bits per heavy atom. The number of benzene rings is 1. The van der Waals surface area contributed by atoms with Crippen molar-refractivity contribution in [3.63, 3.8) is 0 Å². The lowest BCUT2D eigenvalue weighted by molar-refractivity contribution is -0.191. The molecule has 3 fully saturated rings. The quantitative estimate of drug-likeness (QED) is 0.104. The van der Waals surface area contributed by atoms with Gasteiger partial charge in [-0.3, -0.25) is 44.1 Å². The van der Waals surface area contributed by atoms with Gasteiger partial charge in [-0.1, -0.05) is 11.8 Å². The summed E-state index contributed by atoms with van der Waals surface area (Å²) in [6.07, 6.45) is 1.31. The van der Waals surface area contributed by atoms with E-state index >= 15 is 0 Å². The van der Waals surface area contributed by atoms with Crippen LogP contribution < -0.4 is 27.2 Å². The maximum Gasteiger partial charge on any atom is 0.373 e. The largest absolute Gasteiger partial charge is 0.480 e. The van der Waals surface area contributed by atoms with Crippen LogP contribution in [0.5, 0.6) is 0 Å². The minimum absolute atomic E-state index is 0.0337. The number of thioether (sulfide) groups is 1. The number of aromatic nitrogens is 4. The molecule has 3 saturated heterocycles. The maximum absolute atomic E-state index is 13.2. The van der Waals surface area contributed by atoms with Gasteiger partial charge in [-0.25, -0.2) is 19.6 Å². The fraction of sp³-hybridized carbons (Fsp3) is 0.387. The van der Waals surface area contributed by atoms with E-state index in [1.165, 1.54) is 35.1 Å². The maximum atomic E-state index is 13.2. The number of ketones is 1. The van der Waals surface area contributed by atoms with Crippen LogP contribution in [0, 0.1) is 0 Å². The molecule has 5 heterocycles. The standard InChI is InChI=1S/C30H32N10O9S.CO2/c1-13-25(44)40-20(28(48)49)12-50-30(40)38-18(26(45)39(13)30)8-6-17(41)7-9-19(27(46)47)35-23(42)14-2-4-15(5-3-14)32-10-16-11-33-22-21(34-16)24(43)37-29(31)36-22;2-1-3/h2-5,11,13,18-20,32,38H,6-10,12H2,1H3,(H,35,42)(H,46,47)(H,48,49)(H3,31,33,36,37,43);/t13?,18?,19?,20?,30-;/m0./s1. The topological polar surface area (TPSA) is 317 Å². The van der Waals surface area contributed by atoms with Gasteiger partial charge < -0.3 is 26.6 Å². The summed E-state index contributed by atoms with van der Waals surface area (Å²) in [5.74, 6) is -4.35. The van der Waals surface area contributed by atoms with Crippen molar-refractivity contribution < 1.29 is 48.6 Å². The van der Waals surface area contributed by atoms with Gasteiger partial charge in [-0.05, 0) is 44.0 Å². The number of nitrogens with one attached hydrogen (secondary N) is 4. The number of nitrogens with two attached hydrogens (primary N) is 1. The van der Waals surface area contributed by atoms with Gasteiger partial charge in [0.25, 0.3) is 11.5 Å². The van der Waals surface area contributed by atoms with Crippen molar-refractivity contribution in [3.8, 4) is 0 Å². The van der Waals surface area contributed by atoms with Gasteiger partial charge in [0, 0.05) is 29.8 Å². The molecule has 2 aromatic heterocycles. The highest BCUT2D eigenvalue weighted by Gasteiger charge is 2.69. The van der Waals surface area contributed by atoms with Gasteiger partial charge in [-0.15, -0.1) is 0 Å². The zero-order valence-corrected chi connectivity index (χ0v) is 28.5. The van der Waals surface area contributed by atoms with Crippen LogP contribution in [0.1, 0.15) is 48.7 Å². The van der Waals surface area contributed by atoms with Crippen molar-refractivity contribution >= 4 is 76.2 Å². The highest BCUT2D eigenvalue weighted by molar-refractivity contribution is 8.00. The number of hydrogen-bond acceptors (Lipinski definition) is 16. The third kappa shape index (κ3) is 7.68. The molecule has 0 saturated carbocycles. The van der Waals surface area contributed by atoms with Crippen LogP contribution in [-0.4, -0.2) is 117 Å². The van der Waals surface area contributed by atoms with Crippen LogP contribution in [0.3, 0.4) is 0 Å². The molecule has 1 aromatic carbocycles. The summed E-state index contributed by atoms with van der Waals surface area (Å²) in [7, 11) is 0. The summed E-state index contributed by atoms with van der Waals surface area (Å²) in [5, 5.41) is 26.6. The molecule has 278 valence electrons. The fourth-order valence-corrected chi connectivity index (χ4v) is 7.84. The van der Waals surface area contributed by atoms with E-state index in [9.17, 15) is 43.8 Å². The number of aromatic amines is 1. The molecule has 3 aromatic rings. The number of carboxylic acids is 2. The molecule has 4 unspecified atom stereocenters. The van der Waals surface area contributed by atoms with E-state index < -0.39 is 64.5 Å². The van der Waals surface area contributed by atoms with Crippen LogP contribution in [0.15, 0.2) is 35.3 Å². The first-order valence-corrected chi connectivity index (χ1v) is 16.9. The van der Waals surface area contributed by atoms with Gasteiger partial charge in [0.05, 0.1) is 24.5 Å². The number of hydrogen-bond donors (Lipinski definition) is 7. The molecule has 0 radical (unpaired) electrons. The normalized spacial score (nSPS) is 21.9. The zero-order chi connectivity index (χ0) is 38.6. The summed E-state index contributed by atoms with van der Waals surface area (Å²) >= 11 is 1.14. The summed E-state index contributed by atoms with van der Waals surface area (Å²) in [4.78, 5) is 121. The van der Waals surface area contributed by atoms with Crippen molar-refractivity contribution in [3.05, 3.63) is 52.1 Å². The molecular weight excluding hydrogens is 720 g/mol. The van der Waals surface area contributed by atoms with Gasteiger partial charge in [0.1, 0.15) is 23.9 Å². The van der Waals surface area contributed by atoms with Crippen molar-refractivity contribution in [2.45, 2.75) is 68.4 Å². The van der Waals surface area contributed by atoms with E-state index in [1.54, 1.807) is 12.1 Å². The van der Waals surface area contributed by atoms with Crippen molar-refractivity contribution in [2.75, 3.05) is 16.8 Å². The molecule has 5 atom stereocenters. The Morgan fingerprint density at radius 1 is 1.08 bits per heavy atom. The lowest BCUT2D eigenvalue weighted by Gasteiger charge is -2.33. The number of nitrogens with zero attached hydrogens (tertiary/aromatic N) is 5. The van der Waals surface area contributed by atoms with Crippen molar-refractivity contribution in [2.24, 2.45) is 0 Å². The Hall–Kier alpha value is -6.25. The SMILES string of the molecule is CC1C(=O)N2C(C(=O)O)CS[C@]23NC(CCC(=O)CCC(NC(=O)c2ccc(NCc4cnc5nc(N)[nH]c(=O)c5n4)cc2)C(=O)O)C(=O)N13.O=C=O. The first-order valence-electron chi connectivity index (χ1n) is 15.9. The number of Topliss-reactive ketones (excluding diaryl/α,β-unsaturated/α-hetero) is 1. The Balaban J connectivity index is 0.00000175. The van der Waals surface area contributed by atoms with E-state index in [0.29, 0.717) is 11.4 Å². The van der Waals surface area contributed by atoms with Gasteiger partial charge in [0.15, 0.2) is 11.2 Å². The van der Waals surface area contributed by atoms with Crippen LogP contribution in [0.4, 0.5) is 11.6 Å². The molecule has 0 bridgehead atoms. The summed E-state index contributed by atoms with van der Waals surface area (Å²) in [6.45, 7) is 1.73. The number of carbonyl (C=O) groups excluding carboxylic acids is 6. The number of aliphatic carboxylic acids is 2. The fourth-order valence-electron chi connectivity index (χ4n) is 6.19. The Labute approximate surface area is 302 Å². The lowest BCUT2D eigenvalue weighted by Crippen LogP contribution is -2.57. The second kappa shape index (κ2) is 15.6. The van der Waals surface area contributed by atoms with Gasteiger partial charge >= 0.3 is 18.1 Å². The molecule has 3 aliphatic heterocycles. The van der Waals surface area contributed by atoms with Crippen molar-refractivity contribution in [1.29, 1.82) is 0 Å². The highest BCUT2D eigenvalue weighted by Crippen LogP contribution is 2.50. The molecule has 8 N–H and O–H groups in total. The molecule has 21 nitrogen and oxygen atoms in total. The molecule has 3 aliphatic rings. The van der Waals surface area contributed by atoms with Crippen molar-refractivity contribution in [1.82, 2.24) is 40.4 Å². The number of carbonyl (C=O) groups is 6. The van der Waals surface area contributed by atoms with E-state index in [1.807, 2.05) is 0 Å². The van der Waals surface area contributed by atoms with Crippen LogP contribution >= 0.6 is 11.8 Å². The molecule has 3 amide bonds. The third-order valence-corrected chi connectivity index (χ3v) is 10.1. The molecule has 53 heavy (non-hydrogen) atoms. The lowest BCUT2D eigenvalue weighted by atomic mass is 10.0. The Bertz CT molecular complexity index is 2070. The molecular formula is C31H32N10O11S. The minimum atomic E-state index is -1.36. The monoisotopic (exact) mass is 752 g/mol. The number of H-pyrrole nitrogens is 1. The number of fused-ring (bicyclic) bond motifs is 1. The molecule has 1 spiro atoms. The van der Waals surface area contributed by atoms with E-state index in [4.69, 9.17) is 15.3 Å². The Kier molecular flexibility index (Phi) is 11.1. The smallest absolute Gasteiger partial charge is 0.373 e. The second-order valence-electron chi connectivity index (χ2n) is 12.0. The predicted octanol–water partition coefficient (Wildman–Crippen LogP) is -1.52. The summed E-state index contributed by atoms with van der Waals surface area (Å²) in [5.41, 5.74) is 6.37. The number of rotatable bonds is 13. The first kappa shape index (κ1) is 38.0. The summed E-state index contributed by atoms with van der Waals surface area (Å²) < 4.78 is 0. The van der Waals surface area contributed by atoms with Crippen LogP contribution in [0.25, 0.3) is 11.2 Å². The molecule has 0 aliphatic carbocycles. The summed E-state index contributed by atoms with van der Waals surface area (Å²) in [6, 6.07) is 2.01. The van der Waals surface area contributed by atoms with Crippen LogP contribution in [0.2, 0.25) is 0 Å². The number of amides is 3. The number of carboxylic acid groups (broad SMARTS) is 2. The van der Waals surface area contributed by atoms with E-state index in [2.05, 4.69) is 35.9 Å². The second-order valence-corrected chi connectivity index (χ2v) is 13.2. The minimum Gasteiger partial charge on any atom is -0.480 e. The number of nitrogen functional groups attached to an aromatic ring is 1. The zero-order valence-electron chi connectivity index (χ0n) is 27.7. The molecule has 22 heteroatoms. The third-order valence-electron chi connectivity index (χ3n) is 8.71. The molecule has 6 rings (SSSR count). The van der Waals surface area contributed by atoms with Crippen LogP contribution in [-0.2, 0) is 40.1 Å².